The second kappa shape index (κ2) is 9.82. The molecule has 35 heavy (non-hydrogen) atoms. The van der Waals surface area contributed by atoms with Crippen molar-refractivity contribution >= 4 is 33.5 Å². The van der Waals surface area contributed by atoms with Gasteiger partial charge in [-0.25, -0.2) is 0 Å². The second-order valence-corrected chi connectivity index (χ2v) is 12.5. The third-order valence-corrected chi connectivity index (χ3v) is 11.6. The summed E-state index contributed by atoms with van der Waals surface area (Å²) in [5.74, 6) is -2.88. The van der Waals surface area contributed by atoms with Crippen molar-refractivity contribution in [2.45, 2.75) is 48.0 Å². The second-order valence-electron chi connectivity index (χ2n) is 8.91. The molecule has 2 aliphatic rings. The summed E-state index contributed by atoms with van der Waals surface area (Å²) in [5.41, 5.74) is -0.0899. The van der Waals surface area contributed by atoms with Crippen molar-refractivity contribution in [2.24, 2.45) is 17.3 Å². The van der Waals surface area contributed by atoms with Gasteiger partial charge in [-0.3, -0.25) is 18.0 Å². The smallest absolute Gasteiger partial charge is 0.326 e. The molecule has 0 heterocycles. The number of benzene rings is 2. The zero-order chi connectivity index (χ0) is 25.4. The number of esters is 2. The molecule has 0 spiro atoms. The molecule has 4 rings (SSSR count). The summed E-state index contributed by atoms with van der Waals surface area (Å²) in [5, 5.41) is 0. The van der Waals surface area contributed by atoms with Crippen LogP contribution in [-0.2, 0) is 40.7 Å². The van der Waals surface area contributed by atoms with Gasteiger partial charge in [0.25, 0.3) is 0 Å². The minimum absolute atomic E-state index is 0.0193. The third kappa shape index (κ3) is 3.73. The number of carbonyl (C=O) groups is 2. The molecule has 8 heteroatoms. The van der Waals surface area contributed by atoms with Gasteiger partial charge in [0.2, 0.25) is 5.41 Å². The van der Waals surface area contributed by atoms with E-state index in [-0.39, 0.29) is 13.2 Å². The topological polar surface area (TPSA) is 86.7 Å². The van der Waals surface area contributed by atoms with Crippen molar-refractivity contribution in [3.63, 3.8) is 0 Å². The van der Waals surface area contributed by atoms with Gasteiger partial charge < -0.3 is 9.47 Å². The number of aryl methyl sites for hydroxylation is 2. The highest BCUT2D eigenvalue weighted by Crippen LogP contribution is 2.65. The van der Waals surface area contributed by atoms with E-state index in [1.165, 1.54) is 0 Å². The molecule has 4 atom stereocenters. The Bertz CT molecular complexity index is 1120. The Morgan fingerprint density at radius 1 is 0.771 bits per heavy atom. The molecule has 1 fully saturated rings. The van der Waals surface area contributed by atoms with E-state index in [0.29, 0.717) is 16.2 Å². The minimum atomic E-state index is -2.03. The van der Waals surface area contributed by atoms with Crippen LogP contribution in [-0.4, -0.2) is 37.6 Å². The summed E-state index contributed by atoms with van der Waals surface area (Å²) in [4.78, 5) is 28.5. The van der Waals surface area contributed by atoms with E-state index in [2.05, 4.69) is 0 Å². The number of carbonyl (C=O) groups excluding carboxylic acids is 2. The van der Waals surface area contributed by atoms with E-state index >= 15 is 0 Å². The van der Waals surface area contributed by atoms with Gasteiger partial charge in [0.15, 0.2) is 4.08 Å². The molecule has 186 valence electrons. The van der Waals surface area contributed by atoms with E-state index in [1.54, 1.807) is 44.2 Å². The van der Waals surface area contributed by atoms with Crippen molar-refractivity contribution in [1.29, 1.82) is 0 Å². The third-order valence-electron chi connectivity index (χ3n) is 6.89. The van der Waals surface area contributed by atoms with Crippen molar-refractivity contribution in [2.75, 3.05) is 13.2 Å². The Morgan fingerprint density at radius 2 is 1.17 bits per heavy atom. The first-order valence-electron chi connectivity index (χ1n) is 11.7. The van der Waals surface area contributed by atoms with Crippen LogP contribution in [0.4, 0.5) is 0 Å². The first kappa shape index (κ1) is 25.5. The molecule has 0 saturated heterocycles. The highest BCUT2D eigenvalue weighted by atomic mass is 32.2. The van der Waals surface area contributed by atoms with Gasteiger partial charge in [0, 0.05) is 21.6 Å². The molecule has 2 bridgehead atoms. The molecule has 1 saturated carbocycles. The fraction of sp³-hybridized carbons (Fsp3) is 0.407. The van der Waals surface area contributed by atoms with Crippen LogP contribution in [0.1, 0.15) is 31.4 Å². The quantitative estimate of drug-likeness (QED) is 0.298. The molecule has 0 radical (unpaired) electrons. The molecule has 0 amide bonds. The van der Waals surface area contributed by atoms with Crippen LogP contribution in [0.5, 0.6) is 0 Å². The maximum Gasteiger partial charge on any atom is 0.326 e. The Kier molecular flexibility index (Phi) is 7.16. The van der Waals surface area contributed by atoms with Gasteiger partial charge in [-0.1, -0.05) is 47.5 Å². The highest BCUT2D eigenvalue weighted by Gasteiger charge is 2.80. The van der Waals surface area contributed by atoms with E-state index in [1.807, 2.05) is 44.2 Å². The SMILES string of the molecule is CCOC(=O)C1(C(=O)OCC)[C@H]2C=C[C@H](C2)C1(S(=O)c1ccc(C)cc1)S(=O)c1ccc(C)cc1. The molecule has 2 aromatic rings. The first-order chi connectivity index (χ1) is 16.7. The minimum Gasteiger partial charge on any atom is -0.465 e. The Balaban J connectivity index is 2.06. The Morgan fingerprint density at radius 3 is 1.57 bits per heavy atom. The van der Waals surface area contributed by atoms with Gasteiger partial charge >= 0.3 is 11.9 Å². The van der Waals surface area contributed by atoms with Gasteiger partial charge in [-0.05, 0) is 58.4 Å². The van der Waals surface area contributed by atoms with Crippen LogP contribution < -0.4 is 0 Å². The van der Waals surface area contributed by atoms with Crippen molar-refractivity contribution in [1.82, 2.24) is 0 Å². The summed E-state index contributed by atoms with van der Waals surface area (Å²) in [7, 11) is -4.06. The van der Waals surface area contributed by atoms with Crippen LogP contribution in [0, 0.1) is 31.1 Å². The van der Waals surface area contributed by atoms with Crippen LogP contribution in [0.25, 0.3) is 0 Å². The van der Waals surface area contributed by atoms with Gasteiger partial charge in [0.1, 0.15) is 0 Å². The molecule has 0 aromatic heterocycles. The molecule has 6 nitrogen and oxygen atoms in total. The fourth-order valence-corrected chi connectivity index (χ4v) is 10.0. The summed E-state index contributed by atoms with van der Waals surface area (Å²) in [6, 6.07) is 14.1. The zero-order valence-corrected chi connectivity index (χ0v) is 21.9. The number of rotatable bonds is 8. The summed E-state index contributed by atoms with van der Waals surface area (Å²) < 4.78 is 38.4. The average Bonchev–Trinajstić information content (AvgIpc) is 3.44. The molecule has 0 N–H and O–H groups in total. The largest absolute Gasteiger partial charge is 0.465 e. The van der Waals surface area contributed by atoms with Crippen molar-refractivity contribution < 1.29 is 27.5 Å². The molecular formula is C27H30O6S2. The molecule has 2 unspecified atom stereocenters. The number of hydrogen-bond acceptors (Lipinski definition) is 6. The summed E-state index contributed by atoms with van der Waals surface area (Å²) in [6.45, 7) is 7.16. The Labute approximate surface area is 211 Å². The maximum absolute atomic E-state index is 14.7. The number of hydrogen-bond donors (Lipinski definition) is 0. The van der Waals surface area contributed by atoms with Gasteiger partial charge in [-0.2, -0.15) is 0 Å². The lowest BCUT2D eigenvalue weighted by Gasteiger charge is -2.45. The molecule has 0 aliphatic heterocycles. The lowest BCUT2D eigenvalue weighted by molar-refractivity contribution is -0.174. The predicted octanol–water partition coefficient (Wildman–Crippen LogP) is 4.23. The van der Waals surface area contributed by atoms with E-state index in [0.717, 1.165) is 11.1 Å². The fourth-order valence-electron chi connectivity index (χ4n) is 5.32. The average molecular weight is 515 g/mol. The van der Waals surface area contributed by atoms with Gasteiger partial charge in [-0.15, -0.1) is 0 Å². The van der Waals surface area contributed by atoms with Gasteiger partial charge in [0.05, 0.1) is 34.8 Å². The van der Waals surface area contributed by atoms with Crippen LogP contribution in [0.15, 0.2) is 70.5 Å². The zero-order valence-electron chi connectivity index (χ0n) is 20.3. The molecule has 2 aromatic carbocycles. The number of fused-ring (bicyclic) bond motifs is 2. The first-order valence-corrected chi connectivity index (χ1v) is 14.0. The molecule has 2 aliphatic carbocycles. The Hall–Kier alpha value is -2.58. The lowest BCUT2D eigenvalue weighted by Crippen LogP contribution is -2.65. The van der Waals surface area contributed by atoms with Crippen LogP contribution in [0.3, 0.4) is 0 Å². The maximum atomic E-state index is 14.7. The lowest BCUT2D eigenvalue weighted by atomic mass is 9.74. The summed E-state index contributed by atoms with van der Waals surface area (Å²) in [6.07, 6.45) is 3.99. The standard InChI is InChI=1S/C27H30O6S2/c1-5-32-24(28)26(25(29)33-6-2)20-11-12-21(17-20)27(26,34(30)22-13-7-18(3)8-14-22)35(31)23-15-9-19(4)10-16-23/h7-16,20-21H,5-6,17H2,1-4H3/t20-,21+,27?,34?,35?/m0/s1. The highest BCUT2D eigenvalue weighted by molar-refractivity contribution is 8.04. The normalized spacial score (nSPS) is 25.7. The van der Waals surface area contributed by atoms with E-state index < -0.39 is 54.9 Å². The van der Waals surface area contributed by atoms with E-state index in [4.69, 9.17) is 9.47 Å². The number of ether oxygens (including phenoxy) is 2. The van der Waals surface area contributed by atoms with Crippen LogP contribution in [0.2, 0.25) is 0 Å². The number of allylic oxidation sites excluding steroid dienone is 2. The monoisotopic (exact) mass is 514 g/mol. The van der Waals surface area contributed by atoms with E-state index in [9.17, 15) is 18.0 Å². The predicted molar refractivity (Wildman–Crippen MR) is 134 cm³/mol. The van der Waals surface area contributed by atoms with Crippen LogP contribution >= 0.6 is 0 Å². The molecular weight excluding hydrogens is 484 g/mol. The van der Waals surface area contributed by atoms with Crippen molar-refractivity contribution in [3.8, 4) is 0 Å². The van der Waals surface area contributed by atoms with Crippen molar-refractivity contribution in [3.05, 3.63) is 71.8 Å². The summed E-state index contributed by atoms with van der Waals surface area (Å²) >= 11 is 0.